The van der Waals surface area contributed by atoms with Gasteiger partial charge in [-0.25, -0.2) is 4.79 Å². The highest BCUT2D eigenvalue weighted by Gasteiger charge is 2.13. The first-order valence-electron chi connectivity index (χ1n) is 8.59. The molecule has 2 heterocycles. The van der Waals surface area contributed by atoms with E-state index in [2.05, 4.69) is 4.98 Å². The largest absolute Gasteiger partial charge is 0.422 e. The summed E-state index contributed by atoms with van der Waals surface area (Å²) in [5.74, 6) is 0.519. The van der Waals surface area contributed by atoms with Crippen LogP contribution in [0.2, 0.25) is 5.02 Å². The molecule has 0 amide bonds. The molecule has 5 heteroatoms. The molecule has 0 aliphatic heterocycles. The van der Waals surface area contributed by atoms with Crippen molar-refractivity contribution in [3.8, 4) is 11.3 Å². The van der Waals surface area contributed by atoms with E-state index < -0.39 is 0 Å². The first kappa shape index (κ1) is 17.8. The normalized spacial score (nSPS) is 11.0. The molecular formula is C22H16ClNO2S. The first-order valence-corrected chi connectivity index (χ1v) is 9.78. The maximum absolute atomic E-state index is 12.7. The van der Waals surface area contributed by atoms with E-state index in [-0.39, 0.29) is 5.63 Å². The summed E-state index contributed by atoms with van der Waals surface area (Å²) in [7, 11) is 0. The maximum atomic E-state index is 12.7. The monoisotopic (exact) mass is 393 g/mol. The molecule has 134 valence electrons. The zero-order valence-corrected chi connectivity index (χ0v) is 16.2. The van der Waals surface area contributed by atoms with Crippen LogP contribution in [0.5, 0.6) is 0 Å². The molecule has 0 saturated carbocycles. The van der Waals surface area contributed by atoms with Crippen molar-refractivity contribution in [1.82, 2.24) is 4.98 Å². The van der Waals surface area contributed by atoms with Crippen LogP contribution in [0.1, 0.15) is 12.5 Å². The molecule has 0 N–H and O–H groups in total. The fraction of sp³-hybridized carbons (Fsp3) is 0.0909. The third kappa shape index (κ3) is 3.64. The van der Waals surface area contributed by atoms with Crippen LogP contribution >= 0.6 is 23.4 Å². The van der Waals surface area contributed by atoms with Gasteiger partial charge in [0.05, 0.1) is 5.39 Å². The summed E-state index contributed by atoms with van der Waals surface area (Å²) in [4.78, 5) is 18.9. The number of fused-ring (bicyclic) bond motifs is 1. The summed E-state index contributed by atoms with van der Waals surface area (Å²) >= 11 is 7.55. The van der Waals surface area contributed by atoms with Gasteiger partial charge in [-0.3, -0.25) is 4.98 Å². The highest BCUT2D eigenvalue weighted by molar-refractivity contribution is 7.99. The zero-order valence-electron chi connectivity index (χ0n) is 14.6. The average molecular weight is 394 g/mol. The number of nitrogens with zero attached hydrogens (tertiary/aromatic N) is 1. The van der Waals surface area contributed by atoms with Gasteiger partial charge in [-0.1, -0.05) is 48.5 Å². The fourth-order valence-electron chi connectivity index (χ4n) is 3.02. The van der Waals surface area contributed by atoms with Crippen molar-refractivity contribution < 1.29 is 4.42 Å². The number of rotatable bonds is 4. The highest BCUT2D eigenvalue weighted by Crippen LogP contribution is 2.36. The lowest BCUT2D eigenvalue weighted by Crippen LogP contribution is -2.03. The first-order chi connectivity index (χ1) is 13.2. The van der Waals surface area contributed by atoms with Crippen LogP contribution in [0.3, 0.4) is 0 Å². The second-order valence-electron chi connectivity index (χ2n) is 6.06. The Balaban J connectivity index is 1.82. The lowest BCUT2D eigenvalue weighted by molar-refractivity contribution is 0.533. The van der Waals surface area contributed by atoms with Crippen LogP contribution in [0, 0.1) is 0 Å². The Bertz CT molecular complexity index is 1170. The van der Waals surface area contributed by atoms with Gasteiger partial charge >= 0.3 is 5.63 Å². The minimum atomic E-state index is -0.314. The van der Waals surface area contributed by atoms with Gasteiger partial charge in [-0.05, 0) is 53.8 Å². The van der Waals surface area contributed by atoms with Gasteiger partial charge in [-0.15, -0.1) is 0 Å². The minimum absolute atomic E-state index is 0.314. The van der Waals surface area contributed by atoms with E-state index in [0.717, 1.165) is 32.7 Å². The molecule has 2 aromatic carbocycles. The van der Waals surface area contributed by atoms with Crippen LogP contribution in [-0.4, -0.2) is 4.98 Å². The van der Waals surface area contributed by atoms with Crippen LogP contribution in [0.15, 0.2) is 86.0 Å². The Hall–Kier alpha value is -2.56. The molecule has 0 radical (unpaired) electrons. The summed E-state index contributed by atoms with van der Waals surface area (Å²) in [6.07, 6.45) is 4.24. The Kier molecular flexibility index (Phi) is 5.01. The smallest absolute Gasteiger partial charge is 0.344 e. The third-order valence-corrected chi connectivity index (χ3v) is 5.68. The van der Waals surface area contributed by atoms with Crippen LogP contribution < -0.4 is 5.63 Å². The number of aryl methyl sites for hydroxylation is 1. The SMILES string of the molecule is CCc1cccc2cc(-c3cnccc3Sc3ccc(Cl)cc3)oc(=O)c12. The lowest BCUT2D eigenvalue weighted by Gasteiger charge is -2.09. The number of aromatic nitrogens is 1. The second kappa shape index (κ2) is 7.59. The molecule has 3 nitrogen and oxygen atoms in total. The Morgan fingerprint density at radius 3 is 2.70 bits per heavy atom. The van der Waals surface area contributed by atoms with Gasteiger partial charge in [0.15, 0.2) is 0 Å². The van der Waals surface area contributed by atoms with Crippen LogP contribution in [0.25, 0.3) is 22.1 Å². The van der Waals surface area contributed by atoms with Gasteiger partial charge in [0.1, 0.15) is 5.76 Å². The van der Waals surface area contributed by atoms with E-state index >= 15 is 0 Å². The van der Waals surface area contributed by atoms with Gasteiger partial charge in [0.2, 0.25) is 0 Å². The van der Waals surface area contributed by atoms with E-state index in [1.165, 1.54) is 0 Å². The number of hydrogen-bond acceptors (Lipinski definition) is 4. The van der Waals surface area contributed by atoms with E-state index in [1.54, 1.807) is 24.2 Å². The molecule has 0 unspecified atom stereocenters. The predicted octanol–water partition coefficient (Wildman–Crippen LogP) is 6.22. The van der Waals surface area contributed by atoms with Crippen LogP contribution in [0.4, 0.5) is 0 Å². The average Bonchev–Trinajstić information content (AvgIpc) is 2.69. The molecule has 0 saturated heterocycles. The summed E-state index contributed by atoms with van der Waals surface area (Å²) in [5, 5.41) is 2.23. The summed E-state index contributed by atoms with van der Waals surface area (Å²) in [5.41, 5.74) is 1.47. The number of halogens is 1. The lowest BCUT2D eigenvalue weighted by atomic mass is 10.0. The van der Waals surface area contributed by atoms with E-state index in [1.807, 2.05) is 61.5 Å². The van der Waals surface area contributed by atoms with Gasteiger partial charge in [0.25, 0.3) is 0 Å². The molecule has 0 aliphatic rings. The standard InChI is InChI=1S/C22H16ClNO2S/c1-2-14-4-3-5-15-12-19(26-22(25)21(14)15)18-13-24-11-10-20(18)27-17-8-6-16(23)7-9-17/h3-13H,2H2,1H3. The van der Waals surface area contributed by atoms with Crippen molar-refractivity contribution in [3.05, 3.63) is 88.0 Å². The van der Waals surface area contributed by atoms with Crippen molar-refractivity contribution in [3.63, 3.8) is 0 Å². The molecule has 0 fully saturated rings. The summed E-state index contributed by atoms with van der Waals surface area (Å²) in [6, 6.07) is 17.3. The molecule has 0 spiro atoms. The molecular weight excluding hydrogens is 378 g/mol. The van der Waals surface area contributed by atoms with Crippen molar-refractivity contribution in [2.24, 2.45) is 0 Å². The van der Waals surface area contributed by atoms with Gasteiger partial charge < -0.3 is 4.42 Å². The zero-order chi connectivity index (χ0) is 18.8. The molecule has 4 aromatic rings. The van der Waals surface area contributed by atoms with Crippen molar-refractivity contribution in [1.29, 1.82) is 0 Å². The Morgan fingerprint density at radius 2 is 1.93 bits per heavy atom. The summed E-state index contributed by atoms with van der Waals surface area (Å²) in [6.45, 7) is 2.03. The van der Waals surface area contributed by atoms with Gasteiger partial charge in [-0.2, -0.15) is 0 Å². The highest BCUT2D eigenvalue weighted by atomic mass is 35.5. The Labute approximate surface area is 166 Å². The molecule has 27 heavy (non-hydrogen) atoms. The van der Waals surface area contributed by atoms with Crippen molar-refractivity contribution in [2.75, 3.05) is 0 Å². The maximum Gasteiger partial charge on any atom is 0.344 e. The number of hydrogen-bond donors (Lipinski definition) is 0. The van der Waals surface area contributed by atoms with Crippen LogP contribution in [-0.2, 0) is 6.42 Å². The third-order valence-electron chi connectivity index (χ3n) is 4.35. The minimum Gasteiger partial charge on any atom is -0.422 e. The number of benzene rings is 2. The topological polar surface area (TPSA) is 43.1 Å². The number of pyridine rings is 1. The fourth-order valence-corrected chi connectivity index (χ4v) is 4.07. The van der Waals surface area contributed by atoms with Crippen molar-refractivity contribution >= 4 is 34.1 Å². The predicted molar refractivity (Wildman–Crippen MR) is 111 cm³/mol. The van der Waals surface area contributed by atoms with E-state index in [9.17, 15) is 4.79 Å². The molecule has 2 aromatic heterocycles. The molecule has 0 atom stereocenters. The van der Waals surface area contributed by atoms with E-state index in [0.29, 0.717) is 16.2 Å². The quantitative estimate of drug-likeness (QED) is 0.412. The second-order valence-corrected chi connectivity index (χ2v) is 7.61. The van der Waals surface area contributed by atoms with Gasteiger partial charge in [0, 0.05) is 32.8 Å². The molecule has 0 bridgehead atoms. The summed E-state index contributed by atoms with van der Waals surface area (Å²) < 4.78 is 5.69. The molecule has 4 rings (SSSR count). The Morgan fingerprint density at radius 1 is 1.11 bits per heavy atom. The molecule has 0 aliphatic carbocycles. The van der Waals surface area contributed by atoms with Crippen molar-refractivity contribution in [2.45, 2.75) is 23.1 Å². The van der Waals surface area contributed by atoms with E-state index in [4.69, 9.17) is 16.0 Å².